The van der Waals surface area contributed by atoms with Gasteiger partial charge in [-0.25, -0.2) is 12.8 Å². The van der Waals surface area contributed by atoms with Crippen molar-refractivity contribution in [1.82, 2.24) is 0 Å². The lowest BCUT2D eigenvalue weighted by molar-refractivity contribution is -0.384. The maximum atomic E-state index is 13.6. The molecule has 1 saturated heterocycles. The second-order valence-electron chi connectivity index (χ2n) is 6.12. The number of halogens is 3. The molecule has 1 unspecified atom stereocenters. The van der Waals surface area contributed by atoms with E-state index in [9.17, 15) is 31.7 Å². The van der Waals surface area contributed by atoms with E-state index in [1.165, 1.54) is 18.2 Å². The summed E-state index contributed by atoms with van der Waals surface area (Å²) in [6.45, 7) is 0.433. The monoisotopic (exact) mass is 400 g/mol. The molecule has 0 aliphatic carbocycles. The van der Waals surface area contributed by atoms with Gasteiger partial charge in [0, 0.05) is 12.6 Å². The molecule has 0 radical (unpaired) electrons. The first-order valence-corrected chi connectivity index (χ1v) is 9.59. The van der Waals surface area contributed by atoms with Gasteiger partial charge in [-0.05, 0) is 42.7 Å². The number of alkyl halides is 2. The fourth-order valence-corrected chi connectivity index (χ4v) is 4.03. The Morgan fingerprint density at radius 1 is 1.19 bits per heavy atom. The molecule has 6 nitrogen and oxygen atoms in total. The van der Waals surface area contributed by atoms with E-state index in [0.29, 0.717) is 31.0 Å². The molecule has 1 atom stereocenters. The molecule has 1 fully saturated rings. The Bertz CT molecular complexity index is 982. The Hall–Kier alpha value is -2.62. The fourth-order valence-electron chi connectivity index (χ4n) is 3.29. The van der Waals surface area contributed by atoms with E-state index >= 15 is 0 Å². The number of nitro groups is 1. The fraction of sp³-hybridized carbons (Fsp3) is 0.294. The van der Waals surface area contributed by atoms with Crippen LogP contribution in [0.15, 0.2) is 47.4 Å². The van der Waals surface area contributed by atoms with Crippen LogP contribution >= 0.6 is 0 Å². The van der Waals surface area contributed by atoms with Gasteiger partial charge in [0.2, 0.25) is 9.84 Å². The highest BCUT2D eigenvalue weighted by Gasteiger charge is 2.34. The van der Waals surface area contributed by atoms with Gasteiger partial charge in [0.25, 0.3) is 5.69 Å². The van der Waals surface area contributed by atoms with Crippen LogP contribution in [0.4, 0.5) is 24.5 Å². The number of nitro benzene ring substituents is 1. The van der Waals surface area contributed by atoms with E-state index in [1.54, 1.807) is 11.0 Å². The Morgan fingerprint density at radius 3 is 2.56 bits per heavy atom. The van der Waals surface area contributed by atoms with Gasteiger partial charge >= 0.3 is 5.76 Å². The van der Waals surface area contributed by atoms with E-state index < -0.39 is 36.9 Å². The van der Waals surface area contributed by atoms with E-state index in [-0.39, 0.29) is 11.7 Å². The minimum atomic E-state index is -4.95. The van der Waals surface area contributed by atoms with Gasteiger partial charge in [0.15, 0.2) is 0 Å². The second-order valence-corrected chi connectivity index (χ2v) is 8.04. The second kappa shape index (κ2) is 7.18. The molecule has 0 bridgehead atoms. The number of sulfone groups is 1. The van der Waals surface area contributed by atoms with Gasteiger partial charge < -0.3 is 4.90 Å². The molecule has 0 aromatic heterocycles. The Morgan fingerprint density at radius 2 is 1.93 bits per heavy atom. The van der Waals surface area contributed by atoms with Crippen molar-refractivity contribution in [2.24, 2.45) is 0 Å². The van der Waals surface area contributed by atoms with Crippen LogP contribution in [0.2, 0.25) is 0 Å². The third-order valence-corrected chi connectivity index (χ3v) is 5.88. The van der Waals surface area contributed by atoms with Crippen molar-refractivity contribution in [3.63, 3.8) is 0 Å². The highest BCUT2D eigenvalue weighted by Crippen LogP contribution is 2.41. The van der Waals surface area contributed by atoms with Crippen molar-refractivity contribution < 1.29 is 26.5 Å². The van der Waals surface area contributed by atoms with Crippen LogP contribution in [0.5, 0.6) is 0 Å². The predicted octanol–water partition coefficient (Wildman–Crippen LogP) is 4.07. The van der Waals surface area contributed by atoms with Crippen molar-refractivity contribution in [2.45, 2.75) is 29.5 Å². The molecule has 0 saturated carbocycles. The first kappa shape index (κ1) is 19.2. The lowest BCUT2D eigenvalue weighted by Crippen LogP contribution is -2.24. The lowest BCUT2D eigenvalue weighted by Gasteiger charge is -2.27. The average Bonchev–Trinajstić information content (AvgIpc) is 3.10. The zero-order valence-electron chi connectivity index (χ0n) is 13.9. The summed E-state index contributed by atoms with van der Waals surface area (Å²) in [5, 5.41) is 11.5. The summed E-state index contributed by atoms with van der Waals surface area (Å²) in [6, 6.07) is 8.27. The van der Waals surface area contributed by atoms with E-state index in [2.05, 4.69) is 0 Å². The van der Waals surface area contributed by atoms with Crippen LogP contribution in [-0.2, 0) is 9.84 Å². The lowest BCUT2D eigenvalue weighted by atomic mass is 10.0. The molecular formula is C17H15F3N2O4S. The normalized spacial score (nSPS) is 17.5. The van der Waals surface area contributed by atoms with Gasteiger partial charge in [-0.2, -0.15) is 8.78 Å². The maximum Gasteiger partial charge on any atom is 0.341 e. The first-order valence-electron chi connectivity index (χ1n) is 8.04. The summed E-state index contributed by atoms with van der Waals surface area (Å²) in [4.78, 5) is 11.5. The molecule has 1 heterocycles. The number of hydrogen-bond donors (Lipinski definition) is 0. The summed E-state index contributed by atoms with van der Waals surface area (Å²) >= 11 is 0. The average molecular weight is 400 g/mol. The summed E-state index contributed by atoms with van der Waals surface area (Å²) in [5.41, 5.74) is 0.158. The van der Waals surface area contributed by atoms with Gasteiger partial charge in [0.05, 0.1) is 15.9 Å². The molecule has 0 spiro atoms. The number of rotatable bonds is 5. The zero-order chi connectivity index (χ0) is 19.8. The van der Waals surface area contributed by atoms with E-state index in [4.69, 9.17) is 0 Å². The molecule has 2 aromatic rings. The number of hydrogen-bond acceptors (Lipinski definition) is 5. The minimum Gasteiger partial charge on any atom is -0.359 e. The summed E-state index contributed by atoms with van der Waals surface area (Å²) < 4.78 is 62.3. The largest absolute Gasteiger partial charge is 0.359 e. The highest BCUT2D eigenvalue weighted by atomic mass is 32.2. The molecule has 1 aliphatic rings. The van der Waals surface area contributed by atoms with Gasteiger partial charge in [0.1, 0.15) is 11.5 Å². The zero-order valence-corrected chi connectivity index (χ0v) is 14.7. The number of benzene rings is 2. The van der Waals surface area contributed by atoms with Gasteiger partial charge in [-0.1, -0.05) is 12.1 Å². The smallest absolute Gasteiger partial charge is 0.341 e. The molecule has 27 heavy (non-hydrogen) atoms. The Kier molecular flexibility index (Phi) is 5.09. The van der Waals surface area contributed by atoms with Crippen LogP contribution in [0.25, 0.3) is 0 Å². The highest BCUT2D eigenvalue weighted by molar-refractivity contribution is 7.91. The van der Waals surface area contributed by atoms with Crippen LogP contribution < -0.4 is 4.90 Å². The Balaban J connectivity index is 2.06. The molecule has 2 aromatic carbocycles. The van der Waals surface area contributed by atoms with Crippen LogP contribution in [0.1, 0.15) is 24.4 Å². The molecule has 0 N–H and O–H groups in total. The molecular weight excluding hydrogens is 385 g/mol. The summed E-state index contributed by atoms with van der Waals surface area (Å²) in [7, 11) is -4.95. The maximum absolute atomic E-state index is 13.6. The van der Waals surface area contributed by atoms with Crippen molar-refractivity contribution in [3.8, 4) is 0 Å². The summed E-state index contributed by atoms with van der Waals surface area (Å²) in [6.07, 6.45) is 1.31. The van der Waals surface area contributed by atoms with Crippen LogP contribution in [-0.4, -0.2) is 25.6 Å². The van der Waals surface area contributed by atoms with E-state index in [0.717, 1.165) is 12.1 Å². The topological polar surface area (TPSA) is 80.5 Å². The van der Waals surface area contributed by atoms with Crippen molar-refractivity contribution in [3.05, 3.63) is 64.0 Å². The molecule has 144 valence electrons. The van der Waals surface area contributed by atoms with Gasteiger partial charge in [-0.3, -0.25) is 10.1 Å². The van der Waals surface area contributed by atoms with Crippen molar-refractivity contribution in [2.75, 3.05) is 11.4 Å². The Labute approximate surface area is 153 Å². The SMILES string of the molecule is O=[N+]([O-])c1cc(S(=O)(=O)C(F)F)ccc1N1CCCC1c1cccc(F)c1. The molecule has 3 rings (SSSR count). The van der Waals surface area contributed by atoms with E-state index in [1.807, 2.05) is 0 Å². The third-order valence-electron chi connectivity index (χ3n) is 4.50. The number of nitrogens with zero attached hydrogens (tertiary/aromatic N) is 2. The molecule has 0 amide bonds. The standard InChI is InChI=1S/C17H15F3N2O4S/c18-12-4-1-3-11(9-12)14-5-2-8-21(14)15-7-6-13(10-16(15)22(23)24)27(25,26)17(19)20/h1,3-4,6-7,9-10,14,17H,2,5,8H2. The van der Waals surface area contributed by atoms with Gasteiger partial charge in [-0.15, -0.1) is 0 Å². The molecule has 10 heteroatoms. The van der Waals surface area contributed by atoms with Crippen molar-refractivity contribution in [1.29, 1.82) is 0 Å². The van der Waals surface area contributed by atoms with Crippen LogP contribution in [0, 0.1) is 15.9 Å². The van der Waals surface area contributed by atoms with Crippen LogP contribution in [0.3, 0.4) is 0 Å². The quantitative estimate of drug-likeness (QED) is 0.558. The van der Waals surface area contributed by atoms with Crippen molar-refractivity contribution >= 4 is 21.2 Å². The third kappa shape index (κ3) is 3.61. The first-order chi connectivity index (χ1) is 12.7. The number of anilines is 1. The molecule has 1 aliphatic heterocycles. The summed E-state index contributed by atoms with van der Waals surface area (Å²) in [5.74, 6) is -4.11. The minimum absolute atomic E-state index is 0.111. The predicted molar refractivity (Wildman–Crippen MR) is 92.0 cm³/mol.